The Bertz CT molecular complexity index is 332. The Balaban J connectivity index is 1.72. The third-order valence-electron chi connectivity index (χ3n) is 4.69. The first-order chi connectivity index (χ1) is 9.34. The van der Waals surface area contributed by atoms with Crippen LogP contribution in [0.25, 0.3) is 0 Å². The van der Waals surface area contributed by atoms with Crippen molar-refractivity contribution in [1.29, 1.82) is 0 Å². The van der Waals surface area contributed by atoms with E-state index < -0.39 is 5.60 Å². The van der Waals surface area contributed by atoms with Gasteiger partial charge in [0.25, 0.3) is 0 Å². The van der Waals surface area contributed by atoms with Crippen LogP contribution in [0.2, 0.25) is 0 Å². The van der Waals surface area contributed by atoms with E-state index in [-0.39, 0.29) is 6.09 Å². The Morgan fingerprint density at radius 2 is 1.90 bits per heavy atom. The Kier molecular flexibility index (Phi) is 4.62. The fraction of sp³-hybridized carbons (Fsp3) is 0.938. The van der Waals surface area contributed by atoms with Crippen molar-refractivity contribution in [2.75, 3.05) is 19.7 Å². The summed E-state index contributed by atoms with van der Waals surface area (Å²) in [5, 5.41) is 8.87. The van der Waals surface area contributed by atoms with Gasteiger partial charge in [-0.2, -0.15) is 0 Å². The lowest BCUT2D eigenvalue weighted by atomic mass is 9.56. The van der Waals surface area contributed by atoms with Crippen LogP contribution in [0.1, 0.15) is 59.3 Å². The SMILES string of the molecule is CC(C)(C)OC(=O)N1CCC2(CC1)CC(CCCO)C2. The van der Waals surface area contributed by atoms with Crippen LogP contribution in [-0.2, 0) is 4.74 Å². The van der Waals surface area contributed by atoms with Crippen molar-refractivity contribution in [3.8, 4) is 0 Å². The number of piperidine rings is 1. The van der Waals surface area contributed by atoms with Crippen molar-refractivity contribution in [2.24, 2.45) is 11.3 Å². The molecular formula is C16H29NO3. The summed E-state index contributed by atoms with van der Waals surface area (Å²) in [4.78, 5) is 13.9. The minimum Gasteiger partial charge on any atom is -0.444 e. The quantitative estimate of drug-likeness (QED) is 0.865. The lowest BCUT2D eigenvalue weighted by Crippen LogP contribution is -2.49. The zero-order chi connectivity index (χ0) is 14.8. The highest BCUT2D eigenvalue weighted by Gasteiger charge is 2.46. The summed E-state index contributed by atoms with van der Waals surface area (Å²) in [5.41, 5.74) is 0.0801. The summed E-state index contributed by atoms with van der Waals surface area (Å²) in [6.45, 7) is 7.72. The van der Waals surface area contributed by atoms with E-state index in [0.29, 0.717) is 12.0 Å². The van der Waals surface area contributed by atoms with Gasteiger partial charge >= 0.3 is 6.09 Å². The van der Waals surface area contributed by atoms with E-state index in [0.717, 1.165) is 44.7 Å². The van der Waals surface area contributed by atoms with Crippen molar-refractivity contribution in [3.05, 3.63) is 0 Å². The number of aliphatic hydroxyl groups excluding tert-OH is 1. The molecule has 1 amide bonds. The fourth-order valence-electron chi connectivity index (χ4n) is 3.65. The first-order valence-corrected chi connectivity index (χ1v) is 7.92. The normalized spacial score (nSPS) is 22.7. The molecule has 0 aromatic heterocycles. The van der Waals surface area contributed by atoms with Gasteiger partial charge in [-0.25, -0.2) is 4.79 Å². The molecule has 0 aromatic rings. The van der Waals surface area contributed by atoms with E-state index in [1.165, 1.54) is 12.8 Å². The summed E-state index contributed by atoms with van der Waals surface area (Å²) in [6.07, 6.45) is 6.73. The number of nitrogens with zero attached hydrogens (tertiary/aromatic N) is 1. The molecule has 4 nitrogen and oxygen atoms in total. The van der Waals surface area contributed by atoms with E-state index in [4.69, 9.17) is 9.84 Å². The minimum atomic E-state index is -0.405. The molecule has 0 bridgehead atoms. The molecule has 0 atom stereocenters. The molecule has 2 aliphatic rings. The maximum Gasteiger partial charge on any atom is 0.410 e. The molecule has 1 saturated heterocycles. The highest BCUT2D eigenvalue weighted by molar-refractivity contribution is 5.68. The highest BCUT2D eigenvalue weighted by atomic mass is 16.6. The van der Waals surface area contributed by atoms with Crippen LogP contribution in [0.3, 0.4) is 0 Å². The lowest BCUT2D eigenvalue weighted by Gasteiger charge is -2.52. The van der Waals surface area contributed by atoms with E-state index in [1.54, 1.807) is 0 Å². The first-order valence-electron chi connectivity index (χ1n) is 7.92. The maximum absolute atomic E-state index is 12.0. The Morgan fingerprint density at radius 3 is 2.40 bits per heavy atom. The fourth-order valence-corrected chi connectivity index (χ4v) is 3.65. The van der Waals surface area contributed by atoms with Crippen LogP contribution in [0.5, 0.6) is 0 Å². The van der Waals surface area contributed by atoms with Crippen molar-refractivity contribution in [1.82, 2.24) is 4.90 Å². The average Bonchev–Trinajstić information content (AvgIpc) is 2.32. The van der Waals surface area contributed by atoms with Crippen molar-refractivity contribution in [3.63, 3.8) is 0 Å². The zero-order valence-electron chi connectivity index (χ0n) is 13.2. The highest BCUT2D eigenvalue weighted by Crippen LogP contribution is 2.53. The number of amides is 1. The van der Waals surface area contributed by atoms with Crippen LogP contribution in [0.4, 0.5) is 4.79 Å². The third-order valence-corrected chi connectivity index (χ3v) is 4.69. The topological polar surface area (TPSA) is 49.8 Å². The smallest absolute Gasteiger partial charge is 0.410 e. The molecule has 20 heavy (non-hydrogen) atoms. The Morgan fingerprint density at radius 1 is 1.30 bits per heavy atom. The van der Waals surface area contributed by atoms with E-state index in [1.807, 2.05) is 25.7 Å². The van der Waals surface area contributed by atoms with Gasteiger partial charge in [0, 0.05) is 19.7 Å². The van der Waals surface area contributed by atoms with Gasteiger partial charge < -0.3 is 14.7 Å². The Hall–Kier alpha value is -0.770. The second-order valence-corrected chi connectivity index (χ2v) is 7.61. The second kappa shape index (κ2) is 5.92. The molecule has 0 radical (unpaired) electrons. The largest absolute Gasteiger partial charge is 0.444 e. The van der Waals surface area contributed by atoms with Gasteiger partial charge in [0.15, 0.2) is 0 Å². The van der Waals surface area contributed by atoms with Crippen LogP contribution < -0.4 is 0 Å². The zero-order valence-corrected chi connectivity index (χ0v) is 13.2. The summed E-state index contributed by atoms with van der Waals surface area (Å²) in [6, 6.07) is 0. The lowest BCUT2D eigenvalue weighted by molar-refractivity contribution is -0.0302. The summed E-state index contributed by atoms with van der Waals surface area (Å²) < 4.78 is 5.43. The number of carbonyl (C=O) groups excluding carboxylic acids is 1. The van der Waals surface area contributed by atoms with Crippen LogP contribution in [-0.4, -0.2) is 41.4 Å². The first kappa shape index (κ1) is 15.6. The molecule has 0 unspecified atom stereocenters. The van der Waals surface area contributed by atoms with Crippen LogP contribution >= 0.6 is 0 Å². The van der Waals surface area contributed by atoms with Crippen molar-refractivity contribution in [2.45, 2.75) is 64.9 Å². The van der Waals surface area contributed by atoms with Crippen LogP contribution in [0.15, 0.2) is 0 Å². The standard InChI is InChI=1S/C16H29NO3/c1-15(2,3)20-14(19)17-8-6-16(7-9-17)11-13(12-16)5-4-10-18/h13,18H,4-12H2,1-3H3. The number of rotatable bonds is 3. The summed E-state index contributed by atoms with van der Waals surface area (Å²) in [7, 11) is 0. The number of hydrogen-bond acceptors (Lipinski definition) is 3. The number of carbonyl (C=O) groups is 1. The third kappa shape index (κ3) is 3.87. The maximum atomic E-state index is 12.0. The molecule has 1 aliphatic heterocycles. The van der Waals surface area contributed by atoms with Gasteiger partial charge in [0.2, 0.25) is 0 Å². The molecule has 1 saturated carbocycles. The molecule has 0 aromatic carbocycles. The van der Waals surface area contributed by atoms with Crippen molar-refractivity contribution >= 4 is 6.09 Å². The monoisotopic (exact) mass is 283 g/mol. The molecule has 1 spiro atoms. The summed E-state index contributed by atoms with van der Waals surface area (Å²) in [5.74, 6) is 0.801. The average molecular weight is 283 g/mol. The van der Waals surface area contributed by atoms with E-state index in [9.17, 15) is 4.79 Å². The number of likely N-dealkylation sites (tertiary alicyclic amines) is 1. The van der Waals surface area contributed by atoms with E-state index in [2.05, 4.69) is 0 Å². The van der Waals surface area contributed by atoms with Gasteiger partial charge in [-0.05, 0) is 70.6 Å². The molecule has 1 N–H and O–H groups in total. The molecular weight excluding hydrogens is 254 g/mol. The molecule has 2 fully saturated rings. The second-order valence-electron chi connectivity index (χ2n) is 7.61. The number of ether oxygens (including phenoxy) is 1. The van der Waals surface area contributed by atoms with Gasteiger partial charge in [0.1, 0.15) is 5.60 Å². The Labute approximate surface area is 122 Å². The predicted molar refractivity (Wildman–Crippen MR) is 78.5 cm³/mol. The molecule has 1 aliphatic carbocycles. The van der Waals surface area contributed by atoms with Crippen molar-refractivity contribution < 1.29 is 14.6 Å². The molecule has 4 heteroatoms. The van der Waals surface area contributed by atoms with Gasteiger partial charge in [-0.15, -0.1) is 0 Å². The molecule has 2 rings (SSSR count). The van der Waals surface area contributed by atoms with Gasteiger partial charge in [0.05, 0.1) is 0 Å². The summed E-state index contributed by atoms with van der Waals surface area (Å²) >= 11 is 0. The molecule has 116 valence electrons. The van der Waals surface area contributed by atoms with Gasteiger partial charge in [-0.1, -0.05) is 0 Å². The number of hydrogen-bond donors (Lipinski definition) is 1. The van der Waals surface area contributed by atoms with Crippen LogP contribution in [0, 0.1) is 11.3 Å². The predicted octanol–water partition coefficient (Wildman–Crippen LogP) is 3.19. The van der Waals surface area contributed by atoms with Gasteiger partial charge in [-0.3, -0.25) is 0 Å². The minimum absolute atomic E-state index is 0.163. The van der Waals surface area contributed by atoms with E-state index >= 15 is 0 Å². The molecule has 1 heterocycles. The number of aliphatic hydroxyl groups is 1.